The number of carbonyl (C=O) groups excluding carboxylic acids is 2. The molecule has 0 unspecified atom stereocenters. The Labute approximate surface area is 315 Å². The quantitative estimate of drug-likeness (QED) is 0.0504. The van der Waals surface area contributed by atoms with Crippen LogP contribution in [-0.4, -0.2) is 115 Å². The van der Waals surface area contributed by atoms with Crippen LogP contribution in [0.2, 0.25) is 0 Å². The molecule has 0 aromatic heterocycles. The van der Waals surface area contributed by atoms with E-state index in [1.165, 1.54) is 96.4 Å². The van der Waals surface area contributed by atoms with Crippen molar-refractivity contribution >= 4 is 23.9 Å². The molecule has 2 N–H and O–H groups in total. The zero-order chi connectivity index (χ0) is 30.8. The summed E-state index contributed by atoms with van der Waals surface area (Å²) in [5.41, 5.74) is 0. The molecule has 0 aromatic carbocycles. The molecule has 0 aliphatic heterocycles. The van der Waals surface area contributed by atoms with E-state index in [4.69, 9.17) is 10.2 Å². The van der Waals surface area contributed by atoms with Crippen molar-refractivity contribution in [2.24, 2.45) is 0 Å². The Kier molecular flexibility index (Phi) is 43.1. The van der Waals surface area contributed by atoms with Crippen molar-refractivity contribution in [1.29, 1.82) is 0 Å². The van der Waals surface area contributed by atoms with Crippen molar-refractivity contribution in [3.63, 3.8) is 0 Å². The van der Waals surface area contributed by atoms with Gasteiger partial charge in [-0.3, -0.25) is 19.4 Å². The molecule has 11 nitrogen and oxygen atoms in total. The second-order valence-corrected chi connectivity index (χ2v) is 11.6. The Morgan fingerprint density at radius 2 is 0.837 bits per heavy atom. The number of unbranched alkanes of at least 4 members (excludes halogenated alkanes) is 13. The summed E-state index contributed by atoms with van der Waals surface area (Å²) in [5, 5.41) is 38.0. The first kappa shape index (κ1) is 52.8. The molecule has 0 bridgehead atoms. The summed E-state index contributed by atoms with van der Waals surface area (Å²) in [6.45, 7) is 0.874. The minimum atomic E-state index is -1.51. The second kappa shape index (κ2) is 35.1. The summed E-state index contributed by atoms with van der Waals surface area (Å²) in [6, 6.07) is 0. The summed E-state index contributed by atoms with van der Waals surface area (Å²) < 4.78 is 1.12. The summed E-state index contributed by atoms with van der Waals surface area (Å²) in [7, 11) is 6.88. The zero-order valence-corrected chi connectivity index (χ0v) is 33.5. The van der Waals surface area contributed by atoms with Gasteiger partial charge in [-0.1, -0.05) is 84.0 Å². The molecule has 0 rings (SSSR count). The first-order chi connectivity index (χ1) is 18.8. The van der Waals surface area contributed by atoms with Crippen molar-refractivity contribution < 1.29 is 120 Å². The van der Waals surface area contributed by atoms with Crippen LogP contribution < -0.4 is 86.3 Å². The van der Waals surface area contributed by atoms with Gasteiger partial charge in [0.15, 0.2) is 0 Å². The molecule has 0 aliphatic carbocycles. The van der Waals surface area contributed by atoms with E-state index in [9.17, 15) is 29.4 Å². The molecule has 244 valence electrons. The third-order valence-electron chi connectivity index (χ3n) is 6.34. The van der Waals surface area contributed by atoms with Crippen molar-refractivity contribution in [3.8, 4) is 0 Å². The van der Waals surface area contributed by atoms with E-state index in [1.807, 2.05) is 0 Å². The Morgan fingerprint density at radius 3 is 1.09 bits per heavy atom. The molecular weight excluding hydrogens is 644 g/mol. The summed E-state index contributed by atoms with van der Waals surface area (Å²) in [6.07, 6.45) is 20.4. The van der Waals surface area contributed by atoms with E-state index in [1.54, 1.807) is 0 Å². The molecule has 0 aromatic rings. The normalized spacial score (nSPS) is 10.6. The minimum Gasteiger partial charge on any atom is -1.00 e. The van der Waals surface area contributed by atoms with Crippen molar-refractivity contribution in [2.45, 2.75) is 96.8 Å². The molecule has 0 spiro atoms. The average Bonchev–Trinajstić information content (AvgIpc) is 2.81. The Balaban J connectivity index is -0.000000209. The van der Waals surface area contributed by atoms with E-state index in [2.05, 4.69) is 28.1 Å². The Bertz CT molecular complexity index is 633. The predicted octanol–water partition coefficient (Wildman–Crippen LogP) is -7.55. The van der Waals surface area contributed by atoms with Crippen LogP contribution in [0.3, 0.4) is 0 Å². The first-order valence-electron chi connectivity index (χ1n) is 14.8. The number of aliphatic carboxylic acids is 4. The Hall–Kier alpha value is 0.240. The molecule has 0 heterocycles. The zero-order valence-electron chi connectivity index (χ0n) is 27.9. The average molecular weight is 701 g/mol. The maximum Gasteiger partial charge on any atom is 1.00 e. The van der Waals surface area contributed by atoms with Gasteiger partial charge in [-0.25, -0.2) is 0 Å². The molecule has 14 heteroatoms. The van der Waals surface area contributed by atoms with E-state index in [0.717, 1.165) is 14.3 Å². The Morgan fingerprint density at radius 1 is 0.558 bits per heavy atom. The fraction of sp³-hybridized carbons (Fsp3) is 0.862. The third kappa shape index (κ3) is 46.8. The van der Waals surface area contributed by atoms with Crippen LogP contribution in [0.5, 0.6) is 0 Å². The third-order valence-corrected chi connectivity index (χ3v) is 6.34. The van der Waals surface area contributed by atoms with Crippen LogP contribution >= 0.6 is 0 Å². The smallest absolute Gasteiger partial charge is 1.00 e. The van der Waals surface area contributed by atoms with Crippen LogP contribution in [0.15, 0.2) is 0 Å². The molecular formula is C29H56BrN3Na2O8. The van der Waals surface area contributed by atoms with Gasteiger partial charge >= 0.3 is 71.1 Å². The fourth-order valence-electron chi connectivity index (χ4n) is 4.24. The van der Waals surface area contributed by atoms with E-state index < -0.39 is 50.1 Å². The summed E-state index contributed by atoms with van der Waals surface area (Å²) in [5.74, 6) is -5.52. The van der Waals surface area contributed by atoms with Gasteiger partial charge in [0.1, 0.15) is 0 Å². The van der Waals surface area contributed by atoms with Gasteiger partial charge in [0.25, 0.3) is 0 Å². The maximum atomic E-state index is 10.5. The van der Waals surface area contributed by atoms with Crippen LogP contribution in [0.1, 0.15) is 96.8 Å². The molecule has 0 saturated heterocycles. The van der Waals surface area contributed by atoms with Gasteiger partial charge in [0, 0.05) is 26.2 Å². The number of nitrogens with zero attached hydrogens (tertiary/aromatic N) is 3. The van der Waals surface area contributed by atoms with Crippen molar-refractivity contribution in [1.82, 2.24) is 9.80 Å². The number of hydrogen-bond acceptors (Lipinski definition) is 8. The topological polar surface area (TPSA) is 161 Å². The molecule has 0 atom stereocenters. The van der Waals surface area contributed by atoms with E-state index >= 15 is 0 Å². The standard InChI is InChI=1S/C19H42N.C10H16N2O8.BrH.2Na/c1-5-6-7-8-9-10-11-12-13-14-15-16-17-18-19-20(2,3)4;13-7(14)3-11(4-8(15)16)1-2-12(5-9(17)18)6-10(19)20;;;/h5-19H2,1-4H3;1-6H2,(H,13,14)(H,15,16)(H,17,18)(H,19,20);1H;;/q+1;;;2*+1/p-3. The second-order valence-electron chi connectivity index (χ2n) is 11.6. The summed E-state index contributed by atoms with van der Waals surface area (Å²) >= 11 is 0. The molecule has 0 aliphatic rings. The SMILES string of the molecule is CCCCCCCCCCCCCCCC[N+](C)(C)C.O=C([O-])CN(CCN(CC(=O)O)CC(=O)O)CC(=O)[O-].[Br-].[Na+].[Na+]. The number of carboxylic acid groups (broad SMARTS) is 4. The van der Waals surface area contributed by atoms with Crippen molar-refractivity contribution in [3.05, 3.63) is 0 Å². The maximum absolute atomic E-state index is 10.5. The fourth-order valence-corrected chi connectivity index (χ4v) is 4.24. The number of carboxylic acids is 4. The van der Waals surface area contributed by atoms with Gasteiger partial charge in [-0.05, 0) is 12.8 Å². The van der Waals surface area contributed by atoms with Gasteiger partial charge in [-0.15, -0.1) is 0 Å². The van der Waals surface area contributed by atoms with Crippen LogP contribution in [0.25, 0.3) is 0 Å². The predicted molar refractivity (Wildman–Crippen MR) is 151 cm³/mol. The number of halogens is 1. The largest absolute Gasteiger partial charge is 1.00 e. The van der Waals surface area contributed by atoms with Gasteiger partial charge < -0.3 is 51.5 Å². The first-order valence-corrected chi connectivity index (χ1v) is 14.8. The van der Waals surface area contributed by atoms with Crippen LogP contribution in [0.4, 0.5) is 0 Å². The van der Waals surface area contributed by atoms with Crippen LogP contribution in [0, 0.1) is 0 Å². The van der Waals surface area contributed by atoms with Crippen molar-refractivity contribution in [2.75, 3.05) is 67.0 Å². The minimum absolute atomic E-state index is 0. The van der Waals surface area contributed by atoms with Gasteiger partial charge in [0.05, 0.1) is 52.7 Å². The van der Waals surface area contributed by atoms with E-state index in [-0.39, 0.29) is 89.2 Å². The van der Waals surface area contributed by atoms with E-state index in [0.29, 0.717) is 0 Å². The number of rotatable bonds is 26. The number of hydrogen-bond donors (Lipinski definition) is 2. The van der Waals surface area contributed by atoms with Gasteiger partial charge in [0.2, 0.25) is 0 Å². The molecule has 0 saturated carbocycles. The molecule has 0 fully saturated rings. The van der Waals surface area contributed by atoms with Crippen LogP contribution in [-0.2, 0) is 19.2 Å². The van der Waals surface area contributed by atoms with Gasteiger partial charge in [-0.2, -0.15) is 0 Å². The number of carbonyl (C=O) groups is 4. The monoisotopic (exact) mass is 699 g/mol. The molecule has 0 radical (unpaired) electrons. The molecule has 0 amide bonds. The summed E-state index contributed by atoms with van der Waals surface area (Å²) in [4.78, 5) is 43.9. The molecule has 43 heavy (non-hydrogen) atoms. The number of quaternary nitrogens is 1.